The van der Waals surface area contributed by atoms with Crippen molar-refractivity contribution in [2.75, 3.05) is 23.8 Å². The summed E-state index contributed by atoms with van der Waals surface area (Å²) < 4.78 is 5.62. The van der Waals surface area contributed by atoms with E-state index in [0.717, 1.165) is 43.0 Å². The molecule has 0 radical (unpaired) electrons. The number of unbranched alkanes of at least 4 members (excludes halogenated alkanes) is 1. The van der Waals surface area contributed by atoms with Crippen LogP contribution in [-0.2, 0) is 11.2 Å². The zero-order valence-electron chi connectivity index (χ0n) is 14.5. The van der Waals surface area contributed by atoms with E-state index in [1.807, 2.05) is 48.5 Å². The van der Waals surface area contributed by atoms with E-state index in [1.54, 1.807) is 0 Å². The van der Waals surface area contributed by atoms with E-state index in [0.29, 0.717) is 0 Å². The molecule has 128 valence electrons. The summed E-state index contributed by atoms with van der Waals surface area (Å²) in [6.45, 7) is 5.21. The van der Waals surface area contributed by atoms with Gasteiger partial charge < -0.3 is 15.4 Å². The predicted octanol–water partition coefficient (Wildman–Crippen LogP) is 4.48. The van der Waals surface area contributed by atoms with Crippen LogP contribution < -0.4 is 15.4 Å². The Morgan fingerprint density at radius 3 is 2.25 bits per heavy atom. The lowest BCUT2D eigenvalue weighted by molar-refractivity contribution is -0.114. The molecule has 0 saturated heterocycles. The lowest BCUT2D eigenvalue weighted by Gasteiger charge is -2.09. The van der Waals surface area contributed by atoms with Crippen LogP contribution in [0.15, 0.2) is 48.5 Å². The van der Waals surface area contributed by atoms with Gasteiger partial charge >= 0.3 is 0 Å². The zero-order valence-corrected chi connectivity index (χ0v) is 14.5. The summed E-state index contributed by atoms with van der Waals surface area (Å²) >= 11 is 0. The Hall–Kier alpha value is -2.49. The van der Waals surface area contributed by atoms with Crippen LogP contribution in [0.5, 0.6) is 5.75 Å². The molecule has 0 aliphatic rings. The van der Waals surface area contributed by atoms with Gasteiger partial charge in [-0.15, -0.1) is 0 Å². The normalized spacial score (nSPS) is 10.2. The first-order valence-corrected chi connectivity index (χ1v) is 8.56. The number of aryl methyl sites for hydroxylation is 1. The molecule has 2 N–H and O–H groups in total. The molecule has 24 heavy (non-hydrogen) atoms. The van der Waals surface area contributed by atoms with Crippen molar-refractivity contribution in [1.29, 1.82) is 0 Å². The van der Waals surface area contributed by atoms with E-state index < -0.39 is 0 Å². The lowest BCUT2D eigenvalue weighted by atomic mass is 10.1. The first kappa shape index (κ1) is 17.9. The van der Waals surface area contributed by atoms with Gasteiger partial charge in [-0.2, -0.15) is 0 Å². The molecule has 1 amide bonds. The van der Waals surface area contributed by atoms with E-state index in [1.165, 1.54) is 5.56 Å². The van der Waals surface area contributed by atoms with Gasteiger partial charge in [0, 0.05) is 11.4 Å². The van der Waals surface area contributed by atoms with Crippen LogP contribution in [0.3, 0.4) is 0 Å². The lowest BCUT2D eigenvalue weighted by Crippen LogP contribution is -2.21. The third-order valence-electron chi connectivity index (χ3n) is 3.72. The second-order valence-corrected chi connectivity index (χ2v) is 5.68. The standard InChI is InChI=1S/C20H26N2O2/c1-3-5-14-24-19-12-10-17(11-13-19)21-15-20(23)22-18-8-6-16(4-2)7-9-18/h6-13,21H,3-5,14-15H2,1-2H3,(H,22,23). The Bertz CT molecular complexity index is 621. The van der Waals surface area contributed by atoms with Gasteiger partial charge in [-0.05, 0) is 54.8 Å². The summed E-state index contributed by atoms with van der Waals surface area (Å²) in [5.41, 5.74) is 2.97. The van der Waals surface area contributed by atoms with Crippen molar-refractivity contribution in [3.8, 4) is 5.75 Å². The fourth-order valence-electron chi connectivity index (χ4n) is 2.21. The second-order valence-electron chi connectivity index (χ2n) is 5.68. The van der Waals surface area contributed by atoms with Crippen LogP contribution in [0.4, 0.5) is 11.4 Å². The molecule has 0 aromatic heterocycles. The number of ether oxygens (including phenoxy) is 1. The average molecular weight is 326 g/mol. The van der Waals surface area contributed by atoms with Gasteiger partial charge in [0.2, 0.25) is 5.91 Å². The van der Waals surface area contributed by atoms with E-state index in [9.17, 15) is 4.79 Å². The molecule has 0 atom stereocenters. The molecule has 4 heteroatoms. The minimum absolute atomic E-state index is 0.0671. The number of benzene rings is 2. The number of carbonyl (C=O) groups excluding carboxylic acids is 1. The topological polar surface area (TPSA) is 50.4 Å². The van der Waals surface area contributed by atoms with Gasteiger partial charge in [-0.3, -0.25) is 4.79 Å². The van der Waals surface area contributed by atoms with Gasteiger partial charge in [0.15, 0.2) is 0 Å². The van der Waals surface area contributed by atoms with Crippen LogP contribution >= 0.6 is 0 Å². The Balaban J connectivity index is 1.76. The summed E-state index contributed by atoms with van der Waals surface area (Å²) in [6.07, 6.45) is 3.17. The third kappa shape index (κ3) is 5.95. The third-order valence-corrected chi connectivity index (χ3v) is 3.72. The molecule has 2 aromatic rings. The SMILES string of the molecule is CCCCOc1ccc(NCC(=O)Nc2ccc(CC)cc2)cc1. The summed E-state index contributed by atoms with van der Waals surface area (Å²) in [5, 5.41) is 6.00. The Morgan fingerprint density at radius 1 is 0.958 bits per heavy atom. The van der Waals surface area contributed by atoms with Crippen LogP contribution in [0.25, 0.3) is 0 Å². The van der Waals surface area contributed by atoms with Crippen molar-refractivity contribution in [3.05, 3.63) is 54.1 Å². The minimum atomic E-state index is -0.0671. The molecule has 0 fully saturated rings. The molecule has 0 heterocycles. The summed E-state index contributed by atoms with van der Waals surface area (Å²) in [5.74, 6) is 0.789. The number of nitrogens with one attached hydrogen (secondary N) is 2. The maximum Gasteiger partial charge on any atom is 0.243 e. The van der Waals surface area contributed by atoms with E-state index in [2.05, 4.69) is 24.5 Å². The van der Waals surface area contributed by atoms with Gasteiger partial charge in [-0.25, -0.2) is 0 Å². The first-order valence-electron chi connectivity index (χ1n) is 8.56. The summed E-state index contributed by atoms with van der Waals surface area (Å²) in [4.78, 5) is 12.0. The average Bonchev–Trinajstić information content (AvgIpc) is 2.62. The van der Waals surface area contributed by atoms with E-state index >= 15 is 0 Å². The molecule has 0 spiro atoms. The van der Waals surface area contributed by atoms with Gasteiger partial charge in [0.05, 0.1) is 13.2 Å². The molecule has 2 rings (SSSR count). The van der Waals surface area contributed by atoms with Crippen molar-refractivity contribution >= 4 is 17.3 Å². The number of hydrogen-bond acceptors (Lipinski definition) is 3. The predicted molar refractivity (Wildman–Crippen MR) is 99.8 cm³/mol. The number of hydrogen-bond donors (Lipinski definition) is 2. The molecule has 0 unspecified atom stereocenters. The Morgan fingerprint density at radius 2 is 1.62 bits per heavy atom. The van der Waals surface area contributed by atoms with Gasteiger partial charge in [0.1, 0.15) is 5.75 Å². The quantitative estimate of drug-likeness (QED) is 0.668. The van der Waals surface area contributed by atoms with Crippen LogP contribution in [0, 0.1) is 0 Å². The monoisotopic (exact) mass is 326 g/mol. The number of carbonyl (C=O) groups is 1. The molecule has 4 nitrogen and oxygen atoms in total. The minimum Gasteiger partial charge on any atom is -0.494 e. The molecular weight excluding hydrogens is 300 g/mol. The van der Waals surface area contributed by atoms with Gasteiger partial charge in [0.25, 0.3) is 0 Å². The Labute approximate surface area is 144 Å². The van der Waals surface area contributed by atoms with Crippen LogP contribution in [0.2, 0.25) is 0 Å². The van der Waals surface area contributed by atoms with Gasteiger partial charge in [-0.1, -0.05) is 32.4 Å². The molecule has 2 aromatic carbocycles. The number of rotatable bonds is 9. The van der Waals surface area contributed by atoms with Crippen molar-refractivity contribution in [2.45, 2.75) is 33.1 Å². The molecule has 0 aliphatic carbocycles. The Kier molecular flexibility index (Phi) is 7.15. The van der Waals surface area contributed by atoms with Crippen LogP contribution in [0.1, 0.15) is 32.3 Å². The maximum atomic E-state index is 12.0. The van der Waals surface area contributed by atoms with Crippen molar-refractivity contribution in [1.82, 2.24) is 0 Å². The smallest absolute Gasteiger partial charge is 0.243 e. The van der Waals surface area contributed by atoms with Crippen molar-refractivity contribution < 1.29 is 9.53 Å². The number of anilines is 2. The van der Waals surface area contributed by atoms with E-state index in [-0.39, 0.29) is 12.5 Å². The summed E-state index contributed by atoms with van der Waals surface area (Å²) in [6, 6.07) is 15.6. The summed E-state index contributed by atoms with van der Waals surface area (Å²) in [7, 11) is 0. The highest BCUT2D eigenvalue weighted by molar-refractivity contribution is 5.93. The fourth-order valence-corrected chi connectivity index (χ4v) is 2.21. The molecule has 0 bridgehead atoms. The molecule has 0 aliphatic heterocycles. The second kappa shape index (κ2) is 9.60. The van der Waals surface area contributed by atoms with Crippen molar-refractivity contribution in [3.63, 3.8) is 0 Å². The highest BCUT2D eigenvalue weighted by Crippen LogP contribution is 2.16. The largest absolute Gasteiger partial charge is 0.494 e. The fraction of sp³-hybridized carbons (Fsp3) is 0.350. The molecule has 0 saturated carbocycles. The zero-order chi connectivity index (χ0) is 17.2. The first-order chi connectivity index (χ1) is 11.7. The highest BCUT2D eigenvalue weighted by atomic mass is 16.5. The highest BCUT2D eigenvalue weighted by Gasteiger charge is 2.03. The maximum absolute atomic E-state index is 12.0. The van der Waals surface area contributed by atoms with Crippen LogP contribution in [-0.4, -0.2) is 19.1 Å². The number of amides is 1. The van der Waals surface area contributed by atoms with Crippen molar-refractivity contribution in [2.24, 2.45) is 0 Å². The molecular formula is C20H26N2O2. The van der Waals surface area contributed by atoms with E-state index in [4.69, 9.17) is 4.74 Å².